The Kier molecular flexibility index (Phi) is 10.2. The van der Waals surface area contributed by atoms with Gasteiger partial charge < -0.3 is 20.4 Å². The van der Waals surface area contributed by atoms with Gasteiger partial charge in [0.15, 0.2) is 10.1 Å². The molecule has 2 fully saturated rings. The van der Waals surface area contributed by atoms with Crippen molar-refractivity contribution in [2.75, 3.05) is 26.2 Å². The van der Waals surface area contributed by atoms with Crippen LogP contribution in [0.3, 0.4) is 0 Å². The van der Waals surface area contributed by atoms with E-state index in [9.17, 15) is 20.2 Å². The normalized spacial score (nSPS) is 20.6. The molecule has 2 N–H and O–H groups in total. The Labute approximate surface area is 240 Å². The van der Waals surface area contributed by atoms with Crippen molar-refractivity contribution in [3.05, 3.63) is 78.3 Å². The van der Waals surface area contributed by atoms with Crippen molar-refractivity contribution in [1.29, 1.82) is 0 Å². The molecule has 4 heterocycles. The van der Waals surface area contributed by atoms with Gasteiger partial charge in [0.05, 0.1) is 12.1 Å². The Hall–Kier alpha value is -3.78. The first-order chi connectivity index (χ1) is 19.3. The predicted octanol–water partition coefficient (Wildman–Crippen LogP) is 2.77. The number of guanidine groups is 2. The molecular formula is C24H30Cl2N10O4. The topological polar surface area (TPSA) is 167 Å². The molecule has 0 aliphatic carbocycles. The van der Waals surface area contributed by atoms with Crippen molar-refractivity contribution in [1.82, 2.24) is 30.4 Å². The molecule has 214 valence electrons. The van der Waals surface area contributed by atoms with Crippen LogP contribution in [0.5, 0.6) is 0 Å². The molecule has 2 unspecified atom stereocenters. The molecule has 40 heavy (non-hydrogen) atoms. The summed E-state index contributed by atoms with van der Waals surface area (Å²) in [4.78, 5) is 34.2. The van der Waals surface area contributed by atoms with Crippen molar-refractivity contribution in [2.45, 2.75) is 50.6 Å². The zero-order chi connectivity index (χ0) is 28.5. The predicted molar refractivity (Wildman–Crippen MR) is 150 cm³/mol. The van der Waals surface area contributed by atoms with Crippen LogP contribution in [0.2, 0.25) is 10.3 Å². The van der Waals surface area contributed by atoms with E-state index in [2.05, 4.69) is 30.8 Å². The molecule has 2 aromatic heterocycles. The zero-order valence-electron chi connectivity index (χ0n) is 21.7. The van der Waals surface area contributed by atoms with E-state index in [0.717, 1.165) is 36.8 Å². The molecule has 16 heteroatoms. The summed E-state index contributed by atoms with van der Waals surface area (Å²) in [6.07, 6.45) is 8.10. The Bertz CT molecular complexity index is 1130. The lowest BCUT2D eigenvalue weighted by molar-refractivity contribution is -0.485. The Balaban J connectivity index is 1.29. The number of nitro groups is 2. The molecule has 0 bridgehead atoms. The molecular weight excluding hydrogens is 563 g/mol. The average molecular weight is 593 g/mol. The molecule has 2 saturated heterocycles. The van der Waals surface area contributed by atoms with Crippen molar-refractivity contribution >= 4 is 35.1 Å². The van der Waals surface area contributed by atoms with E-state index in [4.69, 9.17) is 23.2 Å². The zero-order valence-corrected chi connectivity index (χ0v) is 23.2. The van der Waals surface area contributed by atoms with E-state index in [1.807, 2.05) is 21.9 Å². The molecule has 0 saturated carbocycles. The number of aromatic nitrogens is 2. The molecule has 0 radical (unpaired) electrons. The van der Waals surface area contributed by atoms with Crippen molar-refractivity contribution in [2.24, 2.45) is 10.2 Å². The largest absolute Gasteiger partial charge is 0.349 e. The molecule has 2 aliphatic rings. The van der Waals surface area contributed by atoms with Gasteiger partial charge in [-0.3, -0.25) is 0 Å². The van der Waals surface area contributed by atoms with Crippen molar-refractivity contribution in [3.63, 3.8) is 0 Å². The van der Waals surface area contributed by atoms with E-state index < -0.39 is 10.1 Å². The van der Waals surface area contributed by atoms with Gasteiger partial charge in [-0.15, -0.1) is 0 Å². The molecule has 0 spiro atoms. The first-order valence-electron chi connectivity index (χ1n) is 13.0. The third-order valence-electron chi connectivity index (χ3n) is 6.84. The highest BCUT2D eigenvalue weighted by Crippen LogP contribution is 2.18. The first kappa shape index (κ1) is 29.2. The van der Waals surface area contributed by atoms with Crippen LogP contribution in [-0.2, 0) is 12.8 Å². The SMILES string of the molecule is O=[N+]([O-])N=C1NCC(Cc2ccc(Cl)nc2)N1CCCCCCN1C(=N[N+](=O)[O-])NCC1Cc1ccc(Cl)nc1. The van der Waals surface area contributed by atoms with Crippen molar-refractivity contribution in [3.8, 4) is 0 Å². The molecule has 0 amide bonds. The van der Waals surface area contributed by atoms with Crippen LogP contribution >= 0.6 is 23.2 Å². The van der Waals surface area contributed by atoms with E-state index >= 15 is 0 Å². The fourth-order valence-electron chi connectivity index (χ4n) is 4.99. The highest BCUT2D eigenvalue weighted by atomic mass is 35.5. The van der Waals surface area contributed by atoms with Gasteiger partial charge >= 0.3 is 0 Å². The summed E-state index contributed by atoms with van der Waals surface area (Å²) in [6, 6.07) is 7.25. The third kappa shape index (κ3) is 8.36. The monoisotopic (exact) mass is 592 g/mol. The average Bonchev–Trinajstić information content (AvgIpc) is 3.46. The second-order valence-corrected chi connectivity index (χ2v) is 10.4. The van der Waals surface area contributed by atoms with Gasteiger partial charge in [-0.05, 0) is 48.9 Å². The summed E-state index contributed by atoms with van der Waals surface area (Å²) >= 11 is 11.8. The Morgan fingerprint density at radius 1 is 0.775 bits per heavy atom. The van der Waals surface area contributed by atoms with Crippen LogP contribution in [0.15, 0.2) is 46.9 Å². The summed E-state index contributed by atoms with van der Waals surface area (Å²) in [7, 11) is 0. The number of halogens is 2. The van der Waals surface area contributed by atoms with Gasteiger partial charge in [0.1, 0.15) is 20.5 Å². The summed E-state index contributed by atoms with van der Waals surface area (Å²) in [5.74, 6) is 0.528. The summed E-state index contributed by atoms with van der Waals surface area (Å²) in [5.41, 5.74) is 1.97. The van der Waals surface area contributed by atoms with Crippen LogP contribution in [0.1, 0.15) is 36.8 Å². The lowest BCUT2D eigenvalue weighted by Gasteiger charge is -2.25. The van der Waals surface area contributed by atoms with E-state index in [-0.39, 0.29) is 24.0 Å². The van der Waals surface area contributed by atoms with Gasteiger partial charge in [0.25, 0.3) is 11.9 Å². The lowest BCUT2D eigenvalue weighted by Crippen LogP contribution is -2.38. The molecule has 0 aromatic carbocycles. The molecule has 2 aromatic rings. The molecule has 4 rings (SSSR count). The number of rotatable bonds is 13. The molecule has 14 nitrogen and oxygen atoms in total. The minimum Gasteiger partial charge on any atom is -0.349 e. The molecule has 2 atom stereocenters. The number of nitrogens with zero attached hydrogens (tertiary/aromatic N) is 8. The number of hydrogen-bond acceptors (Lipinski definition) is 6. The minimum atomic E-state index is -0.688. The highest BCUT2D eigenvalue weighted by molar-refractivity contribution is 6.29. The Morgan fingerprint density at radius 2 is 1.20 bits per heavy atom. The van der Waals surface area contributed by atoms with E-state index in [1.165, 1.54) is 0 Å². The second-order valence-electron chi connectivity index (χ2n) is 9.58. The van der Waals surface area contributed by atoms with Gasteiger partial charge in [0, 0.05) is 38.6 Å². The smallest absolute Gasteiger partial charge is 0.271 e. The Morgan fingerprint density at radius 3 is 1.55 bits per heavy atom. The summed E-state index contributed by atoms with van der Waals surface area (Å²) in [6.45, 7) is 2.30. The van der Waals surface area contributed by atoms with Crippen LogP contribution in [0.4, 0.5) is 0 Å². The highest BCUT2D eigenvalue weighted by Gasteiger charge is 2.32. The quantitative estimate of drug-likeness (QED) is 0.153. The van der Waals surface area contributed by atoms with E-state index in [1.54, 1.807) is 24.5 Å². The van der Waals surface area contributed by atoms with E-state index in [0.29, 0.717) is 49.3 Å². The van der Waals surface area contributed by atoms with Crippen LogP contribution in [-0.4, -0.2) is 80.0 Å². The summed E-state index contributed by atoms with van der Waals surface area (Å²) < 4.78 is 0. The number of hydrogen-bond donors (Lipinski definition) is 2. The van der Waals surface area contributed by atoms with Gasteiger partial charge in [-0.2, -0.15) is 0 Å². The minimum absolute atomic E-state index is 0.00126. The second kappa shape index (κ2) is 14.0. The number of nitrogens with one attached hydrogen (secondary N) is 2. The fraction of sp³-hybridized carbons (Fsp3) is 0.500. The third-order valence-corrected chi connectivity index (χ3v) is 7.29. The van der Waals surface area contributed by atoms with Crippen LogP contribution in [0, 0.1) is 20.2 Å². The van der Waals surface area contributed by atoms with Gasteiger partial charge in [-0.1, -0.05) is 48.2 Å². The standard InChI is InChI=1S/C24H30Cl2N10O4/c25-21-7-5-17(13-27-21)11-19-15-29-23(31-35(37)38)33(19)9-3-1-2-4-10-34-20(16-30-24(34)32-36(39)40)12-18-6-8-22(26)28-14-18/h5-8,13-14,19-20H,1-4,9-12,15-16H2,(H,29,31)(H,30,32). The number of pyridine rings is 2. The first-order valence-corrected chi connectivity index (χ1v) is 13.7. The number of unbranched alkanes of at least 4 members (excludes halogenated alkanes) is 3. The maximum Gasteiger partial charge on any atom is 0.271 e. The van der Waals surface area contributed by atoms with Crippen LogP contribution in [0.25, 0.3) is 0 Å². The van der Waals surface area contributed by atoms with Crippen molar-refractivity contribution < 1.29 is 10.1 Å². The van der Waals surface area contributed by atoms with Crippen LogP contribution < -0.4 is 10.6 Å². The number of hydrazone groups is 2. The molecule has 2 aliphatic heterocycles. The van der Waals surface area contributed by atoms with Gasteiger partial charge in [0.2, 0.25) is 0 Å². The summed E-state index contributed by atoms with van der Waals surface area (Å²) in [5, 5.41) is 34.7. The maximum absolute atomic E-state index is 11.1. The fourth-order valence-corrected chi connectivity index (χ4v) is 5.21. The van der Waals surface area contributed by atoms with Gasteiger partial charge in [-0.25, -0.2) is 30.2 Å². The maximum atomic E-state index is 11.1. The lowest BCUT2D eigenvalue weighted by atomic mass is 10.1.